The molecule has 3 rings (SSSR count). The van der Waals surface area contributed by atoms with E-state index in [1.54, 1.807) is 17.0 Å². The Bertz CT molecular complexity index is 748. The maximum absolute atomic E-state index is 12.6. The lowest BCUT2D eigenvalue weighted by Crippen LogP contribution is -2.39. The minimum atomic E-state index is -0.566. The monoisotopic (exact) mass is 331 g/mol. The molecule has 1 aliphatic rings. The topological polar surface area (TPSA) is 118 Å². The van der Waals surface area contributed by atoms with Gasteiger partial charge in [-0.05, 0) is 24.8 Å². The number of hydrogen-bond donors (Lipinski definition) is 2. The Balaban J connectivity index is 1.72. The first-order chi connectivity index (χ1) is 11.5. The van der Waals surface area contributed by atoms with Crippen LogP contribution in [-0.4, -0.2) is 45.2 Å². The van der Waals surface area contributed by atoms with E-state index < -0.39 is 5.91 Å². The number of carbonyl (C=O) groups excluding carboxylic acids is 2. The van der Waals surface area contributed by atoms with Crippen LogP contribution in [0, 0.1) is 0 Å². The molecule has 2 aromatic heterocycles. The molecule has 0 aliphatic carbocycles. The van der Waals surface area contributed by atoms with E-state index in [1.807, 2.05) is 13.8 Å². The molecule has 0 aromatic carbocycles. The van der Waals surface area contributed by atoms with E-state index in [4.69, 9.17) is 10.3 Å². The molecule has 1 unspecified atom stereocenters. The first-order valence-electron chi connectivity index (χ1n) is 8.06. The van der Waals surface area contributed by atoms with Crippen LogP contribution >= 0.6 is 0 Å². The summed E-state index contributed by atoms with van der Waals surface area (Å²) in [4.78, 5) is 25.5. The molecule has 1 aliphatic heterocycles. The van der Waals surface area contributed by atoms with Crippen LogP contribution < -0.4 is 5.73 Å². The normalized spacial score (nSPS) is 18.1. The second-order valence-corrected chi connectivity index (χ2v) is 6.43. The van der Waals surface area contributed by atoms with Crippen molar-refractivity contribution in [2.24, 2.45) is 5.73 Å². The lowest BCUT2D eigenvalue weighted by molar-refractivity contribution is 0.0663. The molecule has 1 fully saturated rings. The van der Waals surface area contributed by atoms with E-state index in [9.17, 15) is 9.59 Å². The predicted molar refractivity (Wildman–Crippen MR) is 85.6 cm³/mol. The van der Waals surface area contributed by atoms with Gasteiger partial charge in [-0.3, -0.25) is 14.7 Å². The molecule has 0 bridgehead atoms. The molecule has 1 saturated heterocycles. The van der Waals surface area contributed by atoms with E-state index in [2.05, 4.69) is 15.4 Å². The highest BCUT2D eigenvalue weighted by atomic mass is 16.5. The molecule has 2 amide bonds. The first kappa shape index (κ1) is 16.2. The maximum atomic E-state index is 12.6. The van der Waals surface area contributed by atoms with Gasteiger partial charge in [0.25, 0.3) is 11.8 Å². The van der Waals surface area contributed by atoms with Crippen molar-refractivity contribution in [2.75, 3.05) is 13.1 Å². The highest BCUT2D eigenvalue weighted by molar-refractivity contribution is 5.92. The third-order valence-electron chi connectivity index (χ3n) is 4.33. The van der Waals surface area contributed by atoms with E-state index >= 15 is 0 Å². The van der Waals surface area contributed by atoms with Crippen LogP contribution in [0.25, 0.3) is 0 Å². The van der Waals surface area contributed by atoms with Gasteiger partial charge in [0.1, 0.15) is 5.69 Å². The minimum Gasteiger partial charge on any atom is -0.364 e. The molecule has 0 radical (unpaired) electrons. The van der Waals surface area contributed by atoms with Gasteiger partial charge in [0.05, 0.1) is 5.69 Å². The van der Waals surface area contributed by atoms with Crippen LogP contribution in [0.15, 0.2) is 16.7 Å². The van der Waals surface area contributed by atoms with Crippen molar-refractivity contribution in [1.29, 1.82) is 0 Å². The highest BCUT2D eigenvalue weighted by Crippen LogP contribution is 2.27. The summed E-state index contributed by atoms with van der Waals surface area (Å²) in [6, 6.07) is 3.37. The molecular weight excluding hydrogens is 310 g/mol. The second-order valence-electron chi connectivity index (χ2n) is 6.43. The predicted octanol–water partition coefficient (Wildman–Crippen LogP) is 1.64. The van der Waals surface area contributed by atoms with Crippen molar-refractivity contribution in [2.45, 2.75) is 38.5 Å². The Morgan fingerprint density at radius 1 is 1.42 bits per heavy atom. The van der Waals surface area contributed by atoms with E-state index in [0.29, 0.717) is 13.1 Å². The fourth-order valence-corrected chi connectivity index (χ4v) is 2.91. The summed E-state index contributed by atoms with van der Waals surface area (Å²) >= 11 is 0. The lowest BCUT2D eigenvalue weighted by atomic mass is 9.94. The van der Waals surface area contributed by atoms with Crippen LogP contribution in [0.1, 0.15) is 71.0 Å². The molecule has 2 aromatic rings. The number of amides is 2. The number of nitrogens with two attached hydrogens (primary N) is 1. The fourth-order valence-electron chi connectivity index (χ4n) is 2.91. The standard InChI is InChI=1S/C16H21N5O3/c1-9(2)11-7-14(24-20-11)16(23)21-5-3-4-10(8-21)12-6-13(15(17)22)19-18-12/h6-7,9-10H,3-5,8H2,1-2H3,(H2,17,22)(H,18,19). The van der Waals surface area contributed by atoms with Crippen molar-refractivity contribution in [3.63, 3.8) is 0 Å². The summed E-state index contributed by atoms with van der Waals surface area (Å²) in [6.45, 7) is 5.20. The number of aromatic nitrogens is 3. The highest BCUT2D eigenvalue weighted by Gasteiger charge is 2.29. The first-order valence-corrected chi connectivity index (χ1v) is 8.06. The zero-order chi connectivity index (χ0) is 17.3. The zero-order valence-corrected chi connectivity index (χ0v) is 13.8. The number of hydrogen-bond acceptors (Lipinski definition) is 5. The number of primary amides is 1. The molecule has 8 nitrogen and oxygen atoms in total. The third-order valence-corrected chi connectivity index (χ3v) is 4.33. The van der Waals surface area contributed by atoms with E-state index in [0.717, 1.165) is 24.2 Å². The SMILES string of the molecule is CC(C)c1cc(C(=O)N2CCCC(c3cc(C(N)=O)n[nH]3)C2)on1. The number of aromatic amines is 1. The van der Waals surface area contributed by atoms with Crippen LogP contribution in [0.2, 0.25) is 0 Å². The summed E-state index contributed by atoms with van der Waals surface area (Å²) in [5.74, 6) is -0.156. The average molecular weight is 331 g/mol. The van der Waals surface area contributed by atoms with Crippen molar-refractivity contribution in [1.82, 2.24) is 20.3 Å². The van der Waals surface area contributed by atoms with Crippen molar-refractivity contribution < 1.29 is 14.1 Å². The minimum absolute atomic E-state index is 0.0933. The number of nitrogens with zero attached hydrogens (tertiary/aromatic N) is 3. The van der Waals surface area contributed by atoms with Crippen LogP contribution in [0.5, 0.6) is 0 Å². The molecule has 1 atom stereocenters. The smallest absolute Gasteiger partial charge is 0.292 e. The zero-order valence-electron chi connectivity index (χ0n) is 13.8. The van der Waals surface area contributed by atoms with Gasteiger partial charge in [0.2, 0.25) is 5.76 Å². The number of carbonyl (C=O) groups is 2. The Morgan fingerprint density at radius 2 is 2.21 bits per heavy atom. The molecule has 8 heteroatoms. The Kier molecular flexibility index (Phi) is 4.37. The molecule has 0 spiro atoms. The van der Waals surface area contributed by atoms with Gasteiger partial charge in [-0.25, -0.2) is 0 Å². The van der Waals surface area contributed by atoms with Crippen molar-refractivity contribution in [3.05, 3.63) is 35.0 Å². The average Bonchev–Trinajstić information content (AvgIpc) is 3.24. The van der Waals surface area contributed by atoms with Gasteiger partial charge in [-0.15, -0.1) is 0 Å². The number of nitrogens with one attached hydrogen (secondary N) is 1. The Labute approximate surface area is 139 Å². The Hall–Kier alpha value is -2.64. The summed E-state index contributed by atoms with van der Waals surface area (Å²) in [5.41, 5.74) is 7.03. The number of piperidine rings is 1. The summed E-state index contributed by atoms with van der Waals surface area (Å²) in [5, 5.41) is 10.7. The molecule has 24 heavy (non-hydrogen) atoms. The fraction of sp³-hybridized carbons (Fsp3) is 0.500. The lowest BCUT2D eigenvalue weighted by Gasteiger charge is -2.31. The summed E-state index contributed by atoms with van der Waals surface area (Å²) < 4.78 is 5.19. The van der Waals surface area contributed by atoms with Gasteiger partial charge < -0.3 is 15.2 Å². The molecule has 128 valence electrons. The number of likely N-dealkylation sites (tertiary alicyclic amines) is 1. The van der Waals surface area contributed by atoms with E-state index in [1.165, 1.54) is 0 Å². The van der Waals surface area contributed by atoms with Gasteiger partial charge in [0.15, 0.2) is 0 Å². The van der Waals surface area contributed by atoms with Crippen molar-refractivity contribution >= 4 is 11.8 Å². The molecular formula is C16H21N5O3. The largest absolute Gasteiger partial charge is 0.364 e. The Morgan fingerprint density at radius 3 is 2.83 bits per heavy atom. The summed E-state index contributed by atoms with van der Waals surface area (Å²) in [7, 11) is 0. The molecule has 0 saturated carbocycles. The number of rotatable bonds is 4. The van der Waals surface area contributed by atoms with Gasteiger partial charge in [-0.1, -0.05) is 19.0 Å². The van der Waals surface area contributed by atoms with Crippen LogP contribution in [0.4, 0.5) is 0 Å². The van der Waals surface area contributed by atoms with Gasteiger partial charge in [-0.2, -0.15) is 5.10 Å². The maximum Gasteiger partial charge on any atom is 0.292 e. The van der Waals surface area contributed by atoms with Crippen LogP contribution in [0.3, 0.4) is 0 Å². The van der Waals surface area contributed by atoms with Gasteiger partial charge >= 0.3 is 0 Å². The van der Waals surface area contributed by atoms with Crippen LogP contribution in [-0.2, 0) is 0 Å². The van der Waals surface area contributed by atoms with E-state index in [-0.39, 0.29) is 29.2 Å². The van der Waals surface area contributed by atoms with Crippen molar-refractivity contribution in [3.8, 4) is 0 Å². The quantitative estimate of drug-likeness (QED) is 0.883. The summed E-state index contributed by atoms with van der Waals surface area (Å²) in [6.07, 6.45) is 1.78. The number of H-pyrrole nitrogens is 1. The molecule has 3 N–H and O–H groups in total. The second kappa shape index (κ2) is 6.46. The van der Waals surface area contributed by atoms with Gasteiger partial charge in [0, 0.05) is 30.8 Å². The molecule has 3 heterocycles. The third kappa shape index (κ3) is 3.17.